The van der Waals surface area contributed by atoms with Crippen LogP contribution in [0.25, 0.3) is 0 Å². The molecule has 34 heavy (non-hydrogen) atoms. The fourth-order valence-electron chi connectivity index (χ4n) is 4.54. The zero-order valence-electron chi connectivity index (χ0n) is 19.5. The van der Waals surface area contributed by atoms with Gasteiger partial charge in [0.25, 0.3) is 5.91 Å². The molecule has 0 radical (unpaired) electrons. The molecule has 4 rings (SSSR count). The number of nitrogens with zero attached hydrogens (tertiary/aromatic N) is 2. The summed E-state index contributed by atoms with van der Waals surface area (Å²) in [5, 5.41) is 5.63. The lowest BCUT2D eigenvalue weighted by Crippen LogP contribution is -2.35. The Hall–Kier alpha value is -2.91. The van der Waals surface area contributed by atoms with E-state index in [0.717, 1.165) is 50.9 Å². The lowest BCUT2D eigenvalue weighted by atomic mass is 10.1. The number of sulfonamides is 1. The van der Waals surface area contributed by atoms with Crippen LogP contribution >= 0.6 is 0 Å². The van der Waals surface area contributed by atoms with Crippen molar-refractivity contribution in [2.45, 2.75) is 50.3 Å². The highest BCUT2D eigenvalue weighted by Gasteiger charge is 2.27. The molecule has 0 aliphatic carbocycles. The molecular weight excluding hydrogens is 452 g/mol. The van der Waals surface area contributed by atoms with Crippen LogP contribution in [0.3, 0.4) is 0 Å². The van der Waals surface area contributed by atoms with Crippen molar-refractivity contribution < 1.29 is 18.0 Å². The summed E-state index contributed by atoms with van der Waals surface area (Å²) in [5.74, 6) is -0.518. The van der Waals surface area contributed by atoms with Crippen LogP contribution in [0.1, 0.15) is 55.8 Å². The Morgan fingerprint density at radius 2 is 1.41 bits per heavy atom. The van der Waals surface area contributed by atoms with Gasteiger partial charge < -0.3 is 15.5 Å². The molecule has 2 aromatic rings. The third-order valence-corrected chi connectivity index (χ3v) is 8.23. The minimum Gasteiger partial charge on any atom is -0.370 e. The van der Waals surface area contributed by atoms with Crippen LogP contribution < -0.4 is 15.5 Å². The Labute approximate surface area is 201 Å². The molecule has 2 amide bonds. The standard InChI is InChI=1S/C25H32N4O4S/c1-19(30)26-21-10-8-20(9-11-21)25(31)27-23-18-22(34(32,33)29-16-6-3-7-17-29)12-13-24(23)28-14-4-2-5-15-28/h8-13,18H,2-7,14-17H2,1H3,(H,26,30)(H,27,31). The highest BCUT2D eigenvalue weighted by atomic mass is 32.2. The second-order valence-electron chi connectivity index (χ2n) is 8.90. The van der Waals surface area contributed by atoms with Crippen LogP contribution in [0.4, 0.5) is 17.1 Å². The van der Waals surface area contributed by atoms with Crippen molar-refractivity contribution in [3.05, 3.63) is 48.0 Å². The van der Waals surface area contributed by atoms with Crippen LogP contribution in [-0.2, 0) is 14.8 Å². The number of amides is 2. The van der Waals surface area contributed by atoms with Crippen LogP contribution in [-0.4, -0.2) is 50.7 Å². The Morgan fingerprint density at radius 1 is 0.794 bits per heavy atom. The number of nitrogens with one attached hydrogen (secondary N) is 2. The number of hydrogen-bond donors (Lipinski definition) is 2. The van der Waals surface area contributed by atoms with Gasteiger partial charge in [-0.15, -0.1) is 0 Å². The molecule has 0 aromatic heterocycles. The van der Waals surface area contributed by atoms with Gasteiger partial charge in [-0.2, -0.15) is 4.31 Å². The van der Waals surface area contributed by atoms with Gasteiger partial charge in [-0.25, -0.2) is 8.42 Å². The van der Waals surface area contributed by atoms with Gasteiger partial charge in [0.1, 0.15) is 0 Å². The molecule has 9 heteroatoms. The highest BCUT2D eigenvalue weighted by molar-refractivity contribution is 7.89. The first-order chi connectivity index (χ1) is 16.3. The van der Waals surface area contributed by atoms with Crippen LogP contribution in [0.15, 0.2) is 47.4 Å². The number of hydrogen-bond acceptors (Lipinski definition) is 5. The topological polar surface area (TPSA) is 98.8 Å². The number of rotatable bonds is 6. The third kappa shape index (κ3) is 5.59. The summed E-state index contributed by atoms with van der Waals surface area (Å²) in [6.45, 7) is 4.21. The summed E-state index contributed by atoms with van der Waals surface area (Å²) in [6, 6.07) is 11.7. The molecule has 2 saturated heterocycles. The van der Waals surface area contributed by atoms with Crippen LogP contribution in [0.2, 0.25) is 0 Å². The number of anilines is 3. The molecule has 0 unspecified atom stereocenters. The first kappa shape index (κ1) is 24.2. The Bertz CT molecular complexity index is 1140. The molecule has 2 aliphatic heterocycles. The van der Waals surface area contributed by atoms with Gasteiger partial charge in [0.05, 0.1) is 16.3 Å². The highest BCUT2D eigenvalue weighted by Crippen LogP contribution is 2.33. The van der Waals surface area contributed by atoms with E-state index in [1.54, 1.807) is 40.7 Å². The summed E-state index contributed by atoms with van der Waals surface area (Å²) in [4.78, 5) is 26.7. The van der Waals surface area contributed by atoms with Gasteiger partial charge in [0, 0.05) is 44.4 Å². The van der Waals surface area contributed by atoms with E-state index in [-0.39, 0.29) is 16.7 Å². The molecule has 0 spiro atoms. The molecule has 2 N–H and O–H groups in total. The predicted octanol–water partition coefficient (Wildman–Crippen LogP) is 4.06. The average molecular weight is 485 g/mol. The largest absolute Gasteiger partial charge is 0.370 e. The molecule has 0 atom stereocenters. The van der Waals surface area contributed by atoms with E-state index in [2.05, 4.69) is 15.5 Å². The quantitative estimate of drug-likeness (QED) is 0.644. The van der Waals surface area contributed by atoms with Crippen molar-refractivity contribution in [1.29, 1.82) is 0 Å². The normalized spacial score (nSPS) is 17.3. The zero-order chi connectivity index (χ0) is 24.1. The van der Waals surface area contributed by atoms with Crippen molar-refractivity contribution >= 4 is 38.9 Å². The maximum atomic E-state index is 13.3. The SMILES string of the molecule is CC(=O)Nc1ccc(C(=O)Nc2cc(S(=O)(=O)N3CCCCC3)ccc2N2CCCCC2)cc1. The third-order valence-electron chi connectivity index (χ3n) is 6.33. The minimum atomic E-state index is -3.63. The van der Waals surface area contributed by atoms with Gasteiger partial charge in [-0.3, -0.25) is 9.59 Å². The van der Waals surface area contributed by atoms with E-state index in [1.165, 1.54) is 13.3 Å². The van der Waals surface area contributed by atoms with E-state index >= 15 is 0 Å². The second kappa shape index (κ2) is 10.6. The molecule has 182 valence electrons. The molecule has 0 saturated carbocycles. The van der Waals surface area contributed by atoms with Crippen molar-refractivity contribution in [2.75, 3.05) is 41.7 Å². The van der Waals surface area contributed by atoms with Crippen LogP contribution in [0, 0.1) is 0 Å². The monoisotopic (exact) mass is 484 g/mol. The number of piperidine rings is 2. The Morgan fingerprint density at radius 3 is 2.03 bits per heavy atom. The number of carbonyl (C=O) groups is 2. The second-order valence-corrected chi connectivity index (χ2v) is 10.8. The van der Waals surface area contributed by atoms with Gasteiger partial charge in [0.15, 0.2) is 0 Å². The maximum Gasteiger partial charge on any atom is 0.255 e. The maximum absolute atomic E-state index is 13.3. The zero-order valence-corrected chi connectivity index (χ0v) is 20.4. The van der Waals surface area contributed by atoms with Gasteiger partial charge >= 0.3 is 0 Å². The summed E-state index contributed by atoms with van der Waals surface area (Å²) in [7, 11) is -3.63. The summed E-state index contributed by atoms with van der Waals surface area (Å²) < 4.78 is 28.1. The molecular formula is C25H32N4O4S. The molecule has 2 fully saturated rings. The van der Waals surface area contributed by atoms with E-state index < -0.39 is 10.0 Å². The van der Waals surface area contributed by atoms with Gasteiger partial charge in [0.2, 0.25) is 15.9 Å². The molecule has 2 heterocycles. The van der Waals surface area contributed by atoms with Gasteiger partial charge in [-0.1, -0.05) is 6.42 Å². The number of carbonyl (C=O) groups excluding carboxylic acids is 2. The lowest BCUT2D eigenvalue weighted by Gasteiger charge is -2.31. The fourth-order valence-corrected chi connectivity index (χ4v) is 6.09. The summed E-state index contributed by atoms with van der Waals surface area (Å²) in [6.07, 6.45) is 6.06. The van der Waals surface area contributed by atoms with Crippen molar-refractivity contribution in [2.24, 2.45) is 0 Å². The lowest BCUT2D eigenvalue weighted by molar-refractivity contribution is -0.114. The number of benzene rings is 2. The first-order valence-electron chi connectivity index (χ1n) is 11.9. The van der Waals surface area contributed by atoms with E-state index in [1.807, 2.05) is 6.07 Å². The fraction of sp³-hybridized carbons (Fsp3) is 0.440. The summed E-state index contributed by atoms with van der Waals surface area (Å²) >= 11 is 0. The Kier molecular flexibility index (Phi) is 7.53. The smallest absolute Gasteiger partial charge is 0.255 e. The van der Waals surface area contributed by atoms with Crippen LogP contribution in [0.5, 0.6) is 0 Å². The minimum absolute atomic E-state index is 0.185. The Balaban J connectivity index is 1.63. The van der Waals surface area contributed by atoms with Crippen molar-refractivity contribution in [1.82, 2.24) is 4.31 Å². The van der Waals surface area contributed by atoms with E-state index in [0.29, 0.717) is 30.0 Å². The van der Waals surface area contributed by atoms with Crippen molar-refractivity contribution in [3.63, 3.8) is 0 Å². The van der Waals surface area contributed by atoms with Gasteiger partial charge in [-0.05, 0) is 74.6 Å². The first-order valence-corrected chi connectivity index (χ1v) is 13.4. The van der Waals surface area contributed by atoms with E-state index in [9.17, 15) is 18.0 Å². The van der Waals surface area contributed by atoms with E-state index in [4.69, 9.17) is 0 Å². The molecule has 8 nitrogen and oxygen atoms in total. The molecule has 0 bridgehead atoms. The summed E-state index contributed by atoms with van der Waals surface area (Å²) in [5.41, 5.74) is 2.35. The molecule has 2 aliphatic rings. The molecule has 2 aromatic carbocycles. The van der Waals surface area contributed by atoms with Crippen molar-refractivity contribution in [3.8, 4) is 0 Å². The predicted molar refractivity (Wildman–Crippen MR) is 134 cm³/mol. The average Bonchev–Trinajstić information content (AvgIpc) is 2.85.